The SMILES string of the molecule is CC1=CC2=C(C=CC=CC2c2cc(Cl)c3ccccc3c2)C1[Si](C)(C)C1C(C)=CC2=C1C=CC=CC2c1cc(Cl)c2ccccc2c1. The lowest BCUT2D eigenvalue weighted by Gasteiger charge is -2.40. The fourth-order valence-corrected chi connectivity index (χ4v) is 14.7. The minimum Gasteiger partial charge on any atom is -0.0837 e. The average molecular weight is 666 g/mol. The summed E-state index contributed by atoms with van der Waals surface area (Å²) in [4.78, 5) is 0. The molecule has 0 heterocycles. The molecule has 8 rings (SSSR count). The van der Waals surface area contributed by atoms with E-state index in [9.17, 15) is 0 Å². The maximum absolute atomic E-state index is 6.87. The van der Waals surface area contributed by atoms with Crippen molar-refractivity contribution in [1.29, 1.82) is 0 Å². The third kappa shape index (κ3) is 5.03. The van der Waals surface area contributed by atoms with Gasteiger partial charge in [-0.15, -0.1) is 0 Å². The van der Waals surface area contributed by atoms with Crippen LogP contribution in [0.25, 0.3) is 21.5 Å². The predicted molar refractivity (Wildman–Crippen MR) is 207 cm³/mol. The third-order valence-corrected chi connectivity index (χ3v) is 16.0. The van der Waals surface area contributed by atoms with Gasteiger partial charge >= 0.3 is 0 Å². The number of hydrogen-bond donors (Lipinski definition) is 0. The van der Waals surface area contributed by atoms with E-state index < -0.39 is 8.07 Å². The summed E-state index contributed by atoms with van der Waals surface area (Å²) in [6, 6.07) is 25.9. The smallest absolute Gasteiger partial charge is 0.0721 e. The molecule has 4 aliphatic rings. The Morgan fingerprint density at radius 3 is 1.40 bits per heavy atom. The van der Waals surface area contributed by atoms with Gasteiger partial charge in [-0.05, 0) is 70.2 Å². The van der Waals surface area contributed by atoms with Crippen LogP contribution in [-0.4, -0.2) is 8.07 Å². The van der Waals surface area contributed by atoms with Gasteiger partial charge in [0.25, 0.3) is 0 Å². The Morgan fingerprint density at radius 1 is 0.532 bits per heavy atom. The molecule has 0 saturated carbocycles. The Kier molecular flexibility index (Phi) is 7.56. The molecule has 4 aromatic carbocycles. The van der Waals surface area contributed by atoms with Crippen molar-refractivity contribution in [3.05, 3.63) is 188 Å². The molecule has 4 atom stereocenters. The van der Waals surface area contributed by atoms with E-state index in [4.69, 9.17) is 23.2 Å². The number of rotatable bonds is 4. The fraction of sp³-hybridized carbons (Fsp3) is 0.182. The summed E-state index contributed by atoms with van der Waals surface area (Å²) in [5, 5.41) is 6.23. The van der Waals surface area contributed by atoms with Gasteiger partial charge in [0.15, 0.2) is 0 Å². The van der Waals surface area contributed by atoms with Crippen molar-refractivity contribution >= 4 is 52.8 Å². The second-order valence-electron chi connectivity index (χ2n) is 14.2. The second-order valence-corrected chi connectivity index (χ2v) is 19.8. The molecule has 3 heteroatoms. The highest BCUT2D eigenvalue weighted by molar-refractivity contribution is 6.83. The molecule has 0 saturated heterocycles. The Labute approximate surface area is 289 Å². The van der Waals surface area contributed by atoms with Crippen molar-refractivity contribution in [2.45, 2.75) is 49.9 Å². The number of fused-ring (bicyclic) bond motifs is 2. The van der Waals surface area contributed by atoms with E-state index in [1.54, 1.807) is 0 Å². The summed E-state index contributed by atoms with van der Waals surface area (Å²) in [6.07, 6.45) is 23.4. The summed E-state index contributed by atoms with van der Waals surface area (Å²) in [7, 11) is -2.06. The van der Waals surface area contributed by atoms with Gasteiger partial charge < -0.3 is 0 Å². The van der Waals surface area contributed by atoms with Gasteiger partial charge in [0, 0.05) is 43.7 Å². The Hall–Kier alpha value is -3.88. The molecule has 0 fully saturated rings. The largest absolute Gasteiger partial charge is 0.0837 e. The number of halogens is 2. The number of benzene rings is 4. The van der Waals surface area contributed by atoms with Crippen molar-refractivity contribution in [2.24, 2.45) is 0 Å². The second kappa shape index (κ2) is 11.7. The van der Waals surface area contributed by atoms with Gasteiger partial charge in [0.05, 0.1) is 8.07 Å². The maximum Gasteiger partial charge on any atom is 0.0721 e. The topological polar surface area (TPSA) is 0 Å². The maximum atomic E-state index is 6.87. The molecular weight excluding hydrogens is 627 g/mol. The molecule has 0 aliphatic heterocycles. The zero-order valence-electron chi connectivity index (χ0n) is 27.3. The molecule has 232 valence electrons. The molecule has 4 unspecified atom stereocenters. The van der Waals surface area contributed by atoms with Gasteiger partial charge in [0.2, 0.25) is 0 Å². The average Bonchev–Trinajstić information content (AvgIpc) is 3.38. The Balaban J connectivity index is 1.21. The monoisotopic (exact) mass is 664 g/mol. The first-order valence-electron chi connectivity index (χ1n) is 16.6. The molecule has 4 aromatic rings. The molecule has 0 nitrogen and oxygen atoms in total. The lowest BCUT2D eigenvalue weighted by Crippen LogP contribution is -2.39. The summed E-state index contributed by atoms with van der Waals surface area (Å²) >= 11 is 13.7. The molecule has 0 radical (unpaired) electrons. The van der Waals surface area contributed by atoms with Crippen LogP contribution in [-0.2, 0) is 0 Å². The molecule has 0 aromatic heterocycles. The van der Waals surface area contributed by atoms with Crippen LogP contribution in [0.5, 0.6) is 0 Å². The Morgan fingerprint density at radius 2 is 0.957 bits per heavy atom. The first-order chi connectivity index (χ1) is 22.7. The predicted octanol–water partition coefficient (Wildman–Crippen LogP) is 13.4. The van der Waals surface area contributed by atoms with E-state index in [-0.39, 0.29) is 11.8 Å². The summed E-state index contributed by atoms with van der Waals surface area (Å²) < 4.78 is 0. The molecule has 0 N–H and O–H groups in total. The minimum absolute atomic E-state index is 0.158. The van der Waals surface area contributed by atoms with Crippen LogP contribution >= 0.6 is 23.2 Å². The van der Waals surface area contributed by atoms with E-state index >= 15 is 0 Å². The summed E-state index contributed by atoms with van der Waals surface area (Å²) in [6.45, 7) is 9.96. The zero-order valence-corrected chi connectivity index (χ0v) is 29.8. The number of hydrogen-bond acceptors (Lipinski definition) is 0. The van der Waals surface area contributed by atoms with Crippen molar-refractivity contribution in [3.63, 3.8) is 0 Å². The van der Waals surface area contributed by atoms with E-state index in [1.807, 2.05) is 0 Å². The Bertz CT molecular complexity index is 2070. The van der Waals surface area contributed by atoms with Crippen molar-refractivity contribution in [2.75, 3.05) is 0 Å². The van der Waals surface area contributed by atoms with Crippen molar-refractivity contribution < 1.29 is 0 Å². The van der Waals surface area contributed by atoms with Crippen LogP contribution in [0.2, 0.25) is 34.2 Å². The lowest BCUT2D eigenvalue weighted by molar-refractivity contribution is 0.982. The van der Waals surface area contributed by atoms with Gasteiger partial charge in [-0.1, -0.05) is 169 Å². The molecule has 47 heavy (non-hydrogen) atoms. The van der Waals surface area contributed by atoms with Crippen molar-refractivity contribution in [1.82, 2.24) is 0 Å². The fourth-order valence-electron chi connectivity index (χ4n) is 9.10. The van der Waals surface area contributed by atoms with Gasteiger partial charge in [-0.2, -0.15) is 0 Å². The van der Waals surface area contributed by atoms with Crippen LogP contribution in [0, 0.1) is 0 Å². The number of allylic oxidation sites excluding steroid dienone is 16. The van der Waals surface area contributed by atoms with E-state index in [1.165, 1.54) is 55.3 Å². The molecule has 4 aliphatic carbocycles. The molecule has 0 spiro atoms. The van der Waals surface area contributed by atoms with Crippen LogP contribution in [0.1, 0.15) is 36.8 Å². The third-order valence-electron chi connectivity index (χ3n) is 10.9. The van der Waals surface area contributed by atoms with Crippen molar-refractivity contribution in [3.8, 4) is 0 Å². The standard InChI is InChI=1S/C44H38Cl2Si/c1-27-21-39-33(31-23-29-13-5-7-17-35(29)41(45)25-31)15-9-11-19-37(39)43(27)47(3,4)44-28(2)22-40-34(16-10-12-20-38(40)44)32-24-30-14-6-8-18-36(30)42(46)26-32/h5-26,33-34,43-44H,1-4H3. The normalized spacial score (nSPS) is 23.7. The molecule has 0 amide bonds. The van der Waals surface area contributed by atoms with Crippen LogP contribution in [0.4, 0.5) is 0 Å². The van der Waals surface area contributed by atoms with Crippen LogP contribution in [0.15, 0.2) is 167 Å². The first-order valence-corrected chi connectivity index (χ1v) is 20.5. The zero-order chi connectivity index (χ0) is 32.4. The van der Waals surface area contributed by atoms with Gasteiger partial charge in [-0.3, -0.25) is 0 Å². The molecular formula is C44H38Cl2Si. The summed E-state index contributed by atoms with van der Waals surface area (Å²) in [5.74, 6) is 0.316. The van der Waals surface area contributed by atoms with Gasteiger partial charge in [-0.25, -0.2) is 0 Å². The highest BCUT2D eigenvalue weighted by Crippen LogP contribution is 2.58. The summed E-state index contributed by atoms with van der Waals surface area (Å²) in [5.41, 5.74) is 12.1. The quantitative estimate of drug-likeness (QED) is 0.190. The van der Waals surface area contributed by atoms with E-state index in [0.717, 1.165) is 20.8 Å². The lowest BCUT2D eigenvalue weighted by atomic mass is 9.88. The molecule has 0 bridgehead atoms. The highest BCUT2D eigenvalue weighted by atomic mass is 35.5. The first kappa shape index (κ1) is 30.5. The van der Waals surface area contributed by atoms with Crippen LogP contribution in [0.3, 0.4) is 0 Å². The van der Waals surface area contributed by atoms with E-state index in [0.29, 0.717) is 11.1 Å². The van der Waals surface area contributed by atoms with Crippen LogP contribution < -0.4 is 0 Å². The minimum atomic E-state index is -2.06. The van der Waals surface area contributed by atoms with Gasteiger partial charge in [0.1, 0.15) is 0 Å². The van der Waals surface area contributed by atoms with E-state index in [2.05, 4.69) is 160 Å². The highest BCUT2D eigenvalue weighted by Gasteiger charge is 2.48.